The number of nitrogens with zero attached hydrogens (tertiary/aromatic N) is 2. The Hall–Kier alpha value is -2.85. The summed E-state index contributed by atoms with van der Waals surface area (Å²) in [6.45, 7) is 0.927. The molecule has 31 heavy (non-hydrogen) atoms. The number of rotatable bonds is 7. The number of aryl methyl sites for hydroxylation is 1. The van der Waals surface area contributed by atoms with E-state index in [-0.39, 0.29) is 6.79 Å². The van der Waals surface area contributed by atoms with E-state index in [0.29, 0.717) is 45.7 Å². The summed E-state index contributed by atoms with van der Waals surface area (Å²) in [4.78, 5) is 18.1. The fraction of sp³-hybridized carbons (Fsp3) is 0.333. The molecule has 0 bridgehead atoms. The van der Waals surface area contributed by atoms with Crippen LogP contribution < -0.4 is 28.5 Å². The van der Waals surface area contributed by atoms with E-state index in [1.54, 1.807) is 23.9 Å². The van der Waals surface area contributed by atoms with Gasteiger partial charge >= 0.3 is 0 Å². The number of benzene rings is 2. The summed E-state index contributed by atoms with van der Waals surface area (Å²) >= 11 is 3.16. The minimum Gasteiger partial charge on any atom is -0.493 e. The Kier molecular flexibility index (Phi) is 6.28. The first kappa shape index (κ1) is 21.4. The van der Waals surface area contributed by atoms with Crippen LogP contribution >= 0.6 is 23.1 Å². The van der Waals surface area contributed by atoms with Crippen molar-refractivity contribution in [2.24, 2.45) is 4.99 Å². The summed E-state index contributed by atoms with van der Waals surface area (Å²) in [5.41, 5.74) is 1.30. The largest absolute Gasteiger partial charge is 0.493 e. The molecule has 0 unspecified atom stereocenters. The molecule has 164 valence electrons. The Balaban J connectivity index is 1.82. The highest BCUT2D eigenvalue weighted by Gasteiger charge is 2.20. The predicted molar refractivity (Wildman–Crippen MR) is 120 cm³/mol. The number of carbonyl (C=O) groups excluding carboxylic acids is 1. The van der Waals surface area contributed by atoms with Crippen molar-refractivity contribution in [1.82, 2.24) is 4.57 Å². The smallest absolute Gasteiger partial charge is 0.279 e. The summed E-state index contributed by atoms with van der Waals surface area (Å²) in [5.74, 6) is 3.11. The van der Waals surface area contributed by atoms with Gasteiger partial charge < -0.3 is 28.3 Å². The van der Waals surface area contributed by atoms with Crippen molar-refractivity contribution in [1.29, 1.82) is 0 Å². The topological polar surface area (TPSA) is 80.5 Å². The molecule has 0 aliphatic carbocycles. The summed E-state index contributed by atoms with van der Waals surface area (Å²) in [6.07, 6.45) is 2.04. The lowest BCUT2D eigenvalue weighted by atomic mass is 10.1. The van der Waals surface area contributed by atoms with Gasteiger partial charge in [-0.2, -0.15) is 16.8 Å². The van der Waals surface area contributed by atoms with Crippen LogP contribution in [0, 0.1) is 0 Å². The van der Waals surface area contributed by atoms with E-state index in [4.69, 9.17) is 23.7 Å². The Bertz CT molecular complexity index is 1180. The second-order valence-electron chi connectivity index (χ2n) is 6.53. The summed E-state index contributed by atoms with van der Waals surface area (Å²) in [5, 5.41) is 0. The molecule has 10 heteroatoms. The third-order valence-corrected chi connectivity index (χ3v) is 6.44. The van der Waals surface area contributed by atoms with E-state index in [9.17, 15) is 4.79 Å². The Labute approximate surface area is 187 Å². The lowest BCUT2D eigenvalue weighted by Gasteiger charge is -2.12. The van der Waals surface area contributed by atoms with E-state index >= 15 is 0 Å². The summed E-state index contributed by atoms with van der Waals surface area (Å²) in [7, 11) is 4.53. The van der Waals surface area contributed by atoms with Gasteiger partial charge in [0.25, 0.3) is 5.91 Å². The lowest BCUT2D eigenvalue weighted by molar-refractivity contribution is 0.0997. The highest BCUT2D eigenvalue weighted by atomic mass is 32.2. The highest BCUT2D eigenvalue weighted by Crippen LogP contribution is 2.39. The van der Waals surface area contributed by atoms with Crippen molar-refractivity contribution < 1.29 is 28.5 Å². The second kappa shape index (κ2) is 9.11. The predicted octanol–water partition coefficient (Wildman–Crippen LogP) is 3.56. The molecular weight excluding hydrogens is 440 g/mol. The number of amides is 1. The van der Waals surface area contributed by atoms with Crippen LogP contribution in [0.25, 0.3) is 10.2 Å². The third kappa shape index (κ3) is 4.05. The van der Waals surface area contributed by atoms with Crippen LogP contribution in [0.1, 0.15) is 10.4 Å². The first-order valence-corrected chi connectivity index (χ1v) is 11.6. The van der Waals surface area contributed by atoms with Crippen LogP contribution in [0.4, 0.5) is 0 Å². The van der Waals surface area contributed by atoms with Gasteiger partial charge in [0.05, 0.1) is 31.5 Å². The minimum absolute atomic E-state index is 0.217. The van der Waals surface area contributed by atoms with Gasteiger partial charge in [0.2, 0.25) is 12.5 Å². The molecule has 8 nitrogen and oxygen atoms in total. The van der Waals surface area contributed by atoms with Crippen LogP contribution in [0.3, 0.4) is 0 Å². The highest BCUT2D eigenvalue weighted by molar-refractivity contribution is 7.98. The van der Waals surface area contributed by atoms with Gasteiger partial charge in [-0.05, 0) is 18.4 Å². The normalized spacial score (nSPS) is 13.0. The summed E-state index contributed by atoms with van der Waals surface area (Å²) < 4.78 is 30.1. The van der Waals surface area contributed by atoms with Crippen molar-refractivity contribution in [2.45, 2.75) is 6.54 Å². The molecule has 2 aromatic carbocycles. The fourth-order valence-electron chi connectivity index (χ4n) is 3.30. The molecule has 2 heterocycles. The van der Waals surface area contributed by atoms with Crippen molar-refractivity contribution in [3.8, 4) is 28.7 Å². The third-order valence-electron chi connectivity index (χ3n) is 4.80. The van der Waals surface area contributed by atoms with Crippen molar-refractivity contribution in [2.75, 3.05) is 40.1 Å². The van der Waals surface area contributed by atoms with Crippen LogP contribution in [-0.4, -0.2) is 50.6 Å². The molecule has 1 aromatic heterocycles. The van der Waals surface area contributed by atoms with Crippen molar-refractivity contribution in [3.05, 3.63) is 34.6 Å². The number of hydrogen-bond acceptors (Lipinski definition) is 8. The first-order valence-electron chi connectivity index (χ1n) is 9.40. The first-order chi connectivity index (χ1) is 15.1. The van der Waals surface area contributed by atoms with Crippen LogP contribution in [0.2, 0.25) is 0 Å². The van der Waals surface area contributed by atoms with Crippen LogP contribution in [0.15, 0.2) is 29.3 Å². The number of thiazole rings is 1. The molecule has 1 aliphatic heterocycles. The molecule has 4 rings (SSSR count). The number of ether oxygens (including phenoxy) is 5. The van der Waals surface area contributed by atoms with E-state index in [0.717, 1.165) is 16.0 Å². The van der Waals surface area contributed by atoms with Gasteiger partial charge in [0.15, 0.2) is 27.8 Å². The van der Waals surface area contributed by atoms with Crippen molar-refractivity contribution in [3.63, 3.8) is 0 Å². The number of fused-ring (bicyclic) bond motifs is 2. The zero-order valence-corrected chi connectivity index (χ0v) is 19.2. The molecule has 1 aliphatic rings. The van der Waals surface area contributed by atoms with Crippen LogP contribution in [-0.2, 0) is 6.54 Å². The zero-order valence-electron chi connectivity index (χ0n) is 17.6. The number of aromatic nitrogens is 1. The van der Waals surface area contributed by atoms with E-state index in [1.165, 1.54) is 32.7 Å². The minimum atomic E-state index is -0.399. The maximum Gasteiger partial charge on any atom is 0.279 e. The standard InChI is InChI=1S/C21H22N2O6S2/c1-25-16-7-12(8-17(26-2)19(16)27-3)20(24)22-21-23(5-6-30-4)13-9-14-15(29-11-28-14)10-18(13)31-21/h7-10H,5-6,11H2,1-4H3. The molecule has 0 spiro atoms. The molecule has 3 aromatic rings. The van der Waals surface area contributed by atoms with Gasteiger partial charge in [-0.1, -0.05) is 11.3 Å². The van der Waals surface area contributed by atoms with Gasteiger partial charge in [-0.15, -0.1) is 0 Å². The molecule has 0 radical (unpaired) electrons. The molecule has 1 amide bonds. The van der Waals surface area contributed by atoms with Gasteiger partial charge in [0.1, 0.15) is 0 Å². The fourth-order valence-corrected chi connectivity index (χ4v) is 4.73. The maximum atomic E-state index is 13.1. The Morgan fingerprint density at radius 1 is 1.10 bits per heavy atom. The summed E-state index contributed by atoms with van der Waals surface area (Å²) in [6, 6.07) is 7.07. The average Bonchev–Trinajstić information content (AvgIpc) is 3.38. The molecule has 0 atom stereocenters. The number of thioether (sulfide) groups is 1. The van der Waals surface area contributed by atoms with E-state index in [2.05, 4.69) is 4.99 Å². The van der Waals surface area contributed by atoms with Crippen LogP contribution in [0.5, 0.6) is 28.7 Å². The molecule has 0 fully saturated rings. The monoisotopic (exact) mass is 462 g/mol. The maximum absolute atomic E-state index is 13.1. The van der Waals surface area contributed by atoms with Gasteiger partial charge in [0, 0.05) is 30.0 Å². The number of methoxy groups -OCH3 is 3. The lowest BCUT2D eigenvalue weighted by Crippen LogP contribution is -2.18. The Morgan fingerprint density at radius 2 is 1.77 bits per heavy atom. The zero-order chi connectivity index (χ0) is 22.0. The number of hydrogen-bond donors (Lipinski definition) is 0. The molecule has 0 saturated heterocycles. The van der Waals surface area contributed by atoms with E-state index in [1.807, 2.05) is 23.0 Å². The van der Waals surface area contributed by atoms with Crippen molar-refractivity contribution >= 4 is 39.2 Å². The quantitative estimate of drug-likeness (QED) is 0.531. The average molecular weight is 463 g/mol. The van der Waals surface area contributed by atoms with Gasteiger partial charge in [-0.3, -0.25) is 4.79 Å². The van der Waals surface area contributed by atoms with E-state index < -0.39 is 5.91 Å². The second-order valence-corrected chi connectivity index (χ2v) is 8.53. The molecule has 0 saturated carbocycles. The molecule has 0 N–H and O–H groups in total. The molecular formula is C21H22N2O6S2. The van der Waals surface area contributed by atoms with Gasteiger partial charge in [-0.25, -0.2) is 0 Å². The SMILES string of the molecule is COc1cc(C(=O)N=c2sc3cc4c(cc3n2CCSC)OCO4)cc(OC)c1OC. The number of carbonyl (C=O) groups is 1. The Morgan fingerprint density at radius 3 is 2.39 bits per heavy atom.